The smallest absolute Gasteiger partial charge is 0.270 e. The van der Waals surface area contributed by atoms with E-state index in [9.17, 15) is 8.78 Å². The molecule has 0 aliphatic heterocycles. The van der Waals surface area contributed by atoms with Crippen molar-refractivity contribution in [2.24, 2.45) is 0 Å². The van der Waals surface area contributed by atoms with E-state index in [2.05, 4.69) is 29.8 Å². The molecule has 0 atom stereocenters. The molecular formula is C24H27F2N3. The van der Waals surface area contributed by atoms with Gasteiger partial charge in [0.25, 0.3) is 5.92 Å². The van der Waals surface area contributed by atoms with Gasteiger partial charge in [-0.2, -0.15) is 0 Å². The van der Waals surface area contributed by atoms with Crippen LogP contribution in [-0.2, 0) is 12.5 Å². The maximum atomic E-state index is 13.4. The Bertz CT molecular complexity index is 991. The molecule has 3 nitrogen and oxygen atoms in total. The van der Waals surface area contributed by atoms with Gasteiger partial charge in [-0.15, -0.1) is 0 Å². The Kier molecular flexibility index (Phi) is 6.16. The van der Waals surface area contributed by atoms with Crippen LogP contribution < -0.4 is 5.32 Å². The molecule has 3 aromatic rings. The van der Waals surface area contributed by atoms with Crippen molar-refractivity contribution in [2.45, 2.75) is 32.7 Å². The highest BCUT2D eigenvalue weighted by Crippen LogP contribution is 2.29. The summed E-state index contributed by atoms with van der Waals surface area (Å²) in [5.74, 6) is -2.10. The molecule has 0 fully saturated rings. The summed E-state index contributed by atoms with van der Waals surface area (Å²) in [6.07, 6.45) is 1.04. The molecule has 2 aromatic carbocycles. The number of hydrogen-bond acceptors (Lipinski definition) is 3. The van der Waals surface area contributed by atoms with Gasteiger partial charge < -0.3 is 10.2 Å². The van der Waals surface area contributed by atoms with Crippen LogP contribution in [0.1, 0.15) is 37.0 Å². The molecule has 0 unspecified atom stereocenters. The van der Waals surface area contributed by atoms with Crippen LogP contribution in [0.15, 0.2) is 61.2 Å². The van der Waals surface area contributed by atoms with Gasteiger partial charge in [0.05, 0.1) is 5.52 Å². The minimum atomic E-state index is -2.83. The normalized spacial score (nSPS) is 11.5. The summed E-state index contributed by atoms with van der Waals surface area (Å²) < 4.78 is 26.8. The van der Waals surface area contributed by atoms with Crippen LogP contribution in [0.25, 0.3) is 16.6 Å². The lowest BCUT2D eigenvalue weighted by molar-refractivity contribution is 0.0174. The third-order valence-corrected chi connectivity index (χ3v) is 4.98. The molecule has 0 aliphatic carbocycles. The lowest BCUT2D eigenvalue weighted by Crippen LogP contribution is -2.17. The van der Waals surface area contributed by atoms with E-state index in [4.69, 9.17) is 4.98 Å². The predicted molar refractivity (Wildman–Crippen MR) is 117 cm³/mol. The maximum Gasteiger partial charge on any atom is 0.270 e. The third kappa shape index (κ3) is 4.91. The van der Waals surface area contributed by atoms with Gasteiger partial charge in [0.2, 0.25) is 0 Å². The van der Waals surface area contributed by atoms with Crippen LogP contribution in [0.4, 0.5) is 14.6 Å². The molecule has 152 valence electrons. The molecule has 1 heterocycles. The summed E-state index contributed by atoms with van der Waals surface area (Å²) in [6, 6.07) is 16.4. The van der Waals surface area contributed by atoms with E-state index in [-0.39, 0.29) is 5.56 Å². The summed E-state index contributed by atoms with van der Waals surface area (Å²) >= 11 is 0. The quantitative estimate of drug-likeness (QED) is 0.487. The monoisotopic (exact) mass is 395 g/mol. The van der Waals surface area contributed by atoms with E-state index in [1.165, 1.54) is 12.1 Å². The zero-order valence-corrected chi connectivity index (χ0v) is 17.2. The largest absolute Gasteiger partial charge is 0.375 e. The summed E-state index contributed by atoms with van der Waals surface area (Å²) in [5.41, 5.74) is 3.80. The van der Waals surface area contributed by atoms with Crippen LogP contribution >= 0.6 is 0 Å². The fourth-order valence-corrected chi connectivity index (χ4v) is 3.29. The number of pyridine rings is 1. The van der Waals surface area contributed by atoms with Gasteiger partial charge >= 0.3 is 0 Å². The number of benzene rings is 2. The Labute approximate surface area is 171 Å². The van der Waals surface area contributed by atoms with Crippen molar-refractivity contribution in [2.75, 3.05) is 18.9 Å². The first-order valence-electron chi connectivity index (χ1n) is 9.81. The van der Waals surface area contributed by atoms with E-state index < -0.39 is 5.92 Å². The maximum absolute atomic E-state index is 13.4. The first-order chi connectivity index (χ1) is 13.8. The number of alkyl halides is 2. The molecule has 0 radical (unpaired) electrons. The van der Waals surface area contributed by atoms with Gasteiger partial charge in [-0.3, -0.25) is 0 Å². The number of nitrogens with zero attached hydrogens (tertiary/aromatic N) is 2. The molecule has 0 aliphatic rings. The Morgan fingerprint density at radius 3 is 2.48 bits per heavy atom. The van der Waals surface area contributed by atoms with Gasteiger partial charge in [0.15, 0.2) is 0 Å². The van der Waals surface area contributed by atoms with Crippen LogP contribution in [0, 0.1) is 0 Å². The summed E-state index contributed by atoms with van der Waals surface area (Å²) in [7, 11) is 2.04. The number of rotatable bonds is 8. The van der Waals surface area contributed by atoms with Crippen LogP contribution in [0.3, 0.4) is 0 Å². The van der Waals surface area contributed by atoms with E-state index >= 15 is 0 Å². The molecule has 0 amide bonds. The second kappa shape index (κ2) is 8.60. The lowest BCUT2D eigenvalue weighted by Gasteiger charge is -2.23. The summed E-state index contributed by atoms with van der Waals surface area (Å²) in [5, 5.41) is 4.38. The van der Waals surface area contributed by atoms with E-state index in [0.29, 0.717) is 6.54 Å². The first kappa shape index (κ1) is 20.8. The van der Waals surface area contributed by atoms with Gasteiger partial charge in [0.1, 0.15) is 5.82 Å². The van der Waals surface area contributed by atoms with Crippen molar-refractivity contribution in [1.82, 2.24) is 9.88 Å². The molecule has 0 saturated heterocycles. The lowest BCUT2D eigenvalue weighted by atomic mass is 10.1. The average Bonchev–Trinajstić information content (AvgIpc) is 2.71. The highest BCUT2D eigenvalue weighted by molar-refractivity contribution is 5.92. The Balaban J connectivity index is 1.85. The van der Waals surface area contributed by atoms with Crippen molar-refractivity contribution < 1.29 is 8.78 Å². The van der Waals surface area contributed by atoms with Crippen molar-refractivity contribution in [3.63, 3.8) is 0 Å². The minimum absolute atomic E-state index is 0.0163. The number of fused-ring (bicyclic) bond motifs is 1. The molecule has 0 spiro atoms. The molecule has 3 rings (SSSR count). The van der Waals surface area contributed by atoms with Gasteiger partial charge in [0, 0.05) is 49.3 Å². The zero-order valence-electron chi connectivity index (χ0n) is 17.2. The third-order valence-electron chi connectivity index (χ3n) is 4.98. The number of hydrogen-bond donors (Lipinski definition) is 1. The molecule has 5 heteroatoms. The van der Waals surface area contributed by atoms with Crippen molar-refractivity contribution in [3.05, 3.63) is 77.9 Å². The Hall–Kier alpha value is -2.95. The number of aromatic nitrogens is 1. The summed E-state index contributed by atoms with van der Waals surface area (Å²) in [4.78, 5) is 6.85. The molecule has 0 bridgehead atoms. The molecule has 29 heavy (non-hydrogen) atoms. The predicted octanol–water partition coefficient (Wildman–Crippen LogP) is 6.27. The second-order valence-electron chi connectivity index (χ2n) is 7.38. The second-order valence-corrected chi connectivity index (χ2v) is 7.38. The molecule has 1 aromatic heterocycles. The highest BCUT2D eigenvalue weighted by Gasteiger charge is 2.23. The van der Waals surface area contributed by atoms with Gasteiger partial charge in [-0.05, 0) is 24.1 Å². The van der Waals surface area contributed by atoms with Crippen LogP contribution in [-0.4, -0.2) is 23.5 Å². The van der Waals surface area contributed by atoms with E-state index in [0.717, 1.165) is 53.4 Å². The average molecular weight is 395 g/mol. The first-order valence-corrected chi connectivity index (χ1v) is 9.81. The molecule has 0 saturated carbocycles. The van der Waals surface area contributed by atoms with Crippen molar-refractivity contribution in [1.29, 1.82) is 0 Å². The van der Waals surface area contributed by atoms with E-state index in [1.807, 2.05) is 31.3 Å². The zero-order chi connectivity index (χ0) is 21.0. The topological polar surface area (TPSA) is 28.2 Å². The molecule has 1 N–H and O–H groups in total. The van der Waals surface area contributed by atoms with Crippen LogP contribution in [0.2, 0.25) is 0 Å². The standard InChI is InChI=1S/C24H27F2N3/c1-5-14-29(4)17(2)21-15-23(28-22-9-7-6-8-20(21)22)27-16-18-10-12-19(13-11-18)24(3,25)26/h6-13,15H,2,5,14,16H2,1,3-4H3,(H,27,28). The minimum Gasteiger partial charge on any atom is -0.375 e. The van der Waals surface area contributed by atoms with Crippen LogP contribution in [0.5, 0.6) is 0 Å². The SMILES string of the molecule is C=C(c1cc(NCc2ccc(C(C)(F)F)cc2)nc2ccccc12)N(C)CCC. The molecular weight excluding hydrogens is 368 g/mol. The summed E-state index contributed by atoms with van der Waals surface area (Å²) in [6.45, 7) is 8.75. The van der Waals surface area contributed by atoms with Crippen molar-refractivity contribution in [3.8, 4) is 0 Å². The number of para-hydroxylation sites is 1. The van der Waals surface area contributed by atoms with Gasteiger partial charge in [-0.25, -0.2) is 13.8 Å². The number of anilines is 1. The number of nitrogens with one attached hydrogen (secondary N) is 1. The highest BCUT2D eigenvalue weighted by atomic mass is 19.3. The fraction of sp³-hybridized carbons (Fsp3) is 0.292. The van der Waals surface area contributed by atoms with E-state index in [1.54, 1.807) is 12.1 Å². The Morgan fingerprint density at radius 1 is 1.14 bits per heavy atom. The van der Waals surface area contributed by atoms with Gasteiger partial charge in [-0.1, -0.05) is 56.0 Å². The Morgan fingerprint density at radius 2 is 1.83 bits per heavy atom. The number of halogens is 2. The fourth-order valence-electron chi connectivity index (χ4n) is 3.29. The van der Waals surface area contributed by atoms with Crippen molar-refractivity contribution >= 4 is 22.4 Å².